The quantitative estimate of drug-likeness (QED) is 0.405. The fourth-order valence-corrected chi connectivity index (χ4v) is 3.78. The molecule has 2 aromatic carbocycles. The maximum Gasteiger partial charge on any atom is 0.306 e. The normalized spacial score (nSPS) is 11.7. The van der Waals surface area contributed by atoms with Crippen molar-refractivity contribution in [3.05, 3.63) is 87.7 Å². The van der Waals surface area contributed by atoms with E-state index in [4.69, 9.17) is 13.9 Å². The van der Waals surface area contributed by atoms with E-state index < -0.39 is 23.1 Å². The number of thioether (sulfide) groups is 1. The van der Waals surface area contributed by atoms with Gasteiger partial charge in [0.1, 0.15) is 17.3 Å². The van der Waals surface area contributed by atoms with Crippen LogP contribution in [0.5, 0.6) is 11.5 Å². The van der Waals surface area contributed by atoms with Gasteiger partial charge in [-0.3, -0.25) is 9.59 Å². The summed E-state index contributed by atoms with van der Waals surface area (Å²) in [6, 6.07) is 14.0. The lowest BCUT2D eigenvalue weighted by Gasteiger charge is -2.18. The summed E-state index contributed by atoms with van der Waals surface area (Å²) in [6.07, 6.45) is -0.131. The van der Waals surface area contributed by atoms with Crippen LogP contribution in [0.3, 0.4) is 0 Å². The lowest BCUT2D eigenvalue weighted by molar-refractivity contribution is -0.140. The highest BCUT2D eigenvalue weighted by Crippen LogP contribution is 2.35. The lowest BCUT2D eigenvalue weighted by Crippen LogP contribution is -2.14. The number of esters is 1. The second-order valence-electron chi connectivity index (χ2n) is 6.64. The first-order valence-corrected chi connectivity index (χ1v) is 10.3. The minimum atomic E-state index is -0.734. The third kappa shape index (κ3) is 5.67. The number of methoxy groups -OCH3 is 2. The molecule has 1 atom stereocenters. The molecule has 3 aromatic rings. The van der Waals surface area contributed by atoms with E-state index in [9.17, 15) is 19.1 Å². The summed E-state index contributed by atoms with van der Waals surface area (Å²) in [6.45, 7) is 0. The molecule has 3 rings (SSSR count). The Bertz CT molecular complexity index is 1090. The first-order valence-electron chi connectivity index (χ1n) is 9.36. The summed E-state index contributed by atoms with van der Waals surface area (Å²) < 4.78 is 28.9. The highest BCUT2D eigenvalue weighted by Gasteiger charge is 2.26. The fourth-order valence-electron chi connectivity index (χ4n) is 3.00. The molecule has 31 heavy (non-hydrogen) atoms. The van der Waals surface area contributed by atoms with Crippen molar-refractivity contribution >= 4 is 17.7 Å². The van der Waals surface area contributed by atoms with Crippen LogP contribution >= 0.6 is 11.8 Å². The van der Waals surface area contributed by atoms with Crippen molar-refractivity contribution in [2.45, 2.75) is 23.0 Å². The van der Waals surface area contributed by atoms with Gasteiger partial charge in [-0.15, -0.1) is 11.8 Å². The van der Waals surface area contributed by atoms with Crippen molar-refractivity contribution in [2.75, 3.05) is 14.2 Å². The van der Waals surface area contributed by atoms with Crippen LogP contribution in [0.25, 0.3) is 0 Å². The van der Waals surface area contributed by atoms with E-state index in [0.717, 1.165) is 4.90 Å². The maximum absolute atomic E-state index is 13.1. The van der Waals surface area contributed by atoms with Crippen molar-refractivity contribution in [3.63, 3.8) is 0 Å². The highest BCUT2D eigenvalue weighted by molar-refractivity contribution is 7.98. The lowest BCUT2D eigenvalue weighted by atomic mass is 9.92. The molecule has 0 spiro atoms. The molecular formula is C23H21FO6S. The number of halogens is 1. The molecule has 8 heteroatoms. The Morgan fingerprint density at radius 3 is 2.42 bits per heavy atom. The highest BCUT2D eigenvalue weighted by atomic mass is 32.2. The minimum absolute atomic E-state index is 0.0160. The van der Waals surface area contributed by atoms with Gasteiger partial charge in [-0.1, -0.05) is 12.1 Å². The van der Waals surface area contributed by atoms with E-state index in [1.54, 1.807) is 36.4 Å². The monoisotopic (exact) mass is 444 g/mol. The summed E-state index contributed by atoms with van der Waals surface area (Å²) in [5.74, 6) is -0.949. The Morgan fingerprint density at radius 1 is 1.13 bits per heavy atom. The first kappa shape index (κ1) is 22.4. The average molecular weight is 444 g/mol. The van der Waals surface area contributed by atoms with Gasteiger partial charge in [0.2, 0.25) is 11.2 Å². The van der Waals surface area contributed by atoms with Gasteiger partial charge in [-0.05, 0) is 42.0 Å². The van der Waals surface area contributed by atoms with Crippen LogP contribution in [0.2, 0.25) is 0 Å². The summed E-state index contributed by atoms with van der Waals surface area (Å²) >= 11 is 1.35. The molecule has 0 saturated carbocycles. The van der Waals surface area contributed by atoms with Crippen LogP contribution in [0.1, 0.15) is 29.4 Å². The third-order valence-corrected chi connectivity index (χ3v) is 5.66. The second kappa shape index (κ2) is 10.2. The van der Waals surface area contributed by atoms with Gasteiger partial charge < -0.3 is 19.0 Å². The summed E-state index contributed by atoms with van der Waals surface area (Å²) in [4.78, 5) is 25.2. The number of ether oxygens (including phenoxy) is 2. The molecule has 1 N–H and O–H groups in total. The third-order valence-electron chi connectivity index (χ3n) is 4.63. The van der Waals surface area contributed by atoms with E-state index in [-0.39, 0.29) is 23.8 Å². The Labute approximate surface area is 182 Å². The molecule has 162 valence electrons. The van der Waals surface area contributed by atoms with E-state index in [0.29, 0.717) is 17.1 Å². The zero-order chi connectivity index (χ0) is 22.4. The minimum Gasteiger partial charge on any atom is -0.502 e. The molecule has 0 bridgehead atoms. The molecule has 1 heterocycles. The van der Waals surface area contributed by atoms with Gasteiger partial charge in [-0.25, -0.2) is 4.39 Å². The molecule has 0 fully saturated rings. The van der Waals surface area contributed by atoms with Crippen LogP contribution < -0.4 is 10.2 Å². The number of rotatable bonds is 8. The Balaban J connectivity index is 1.95. The van der Waals surface area contributed by atoms with Gasteiger partial charge in [0, 0.05) is 11.0 Å². The first-order chi connectivity index (χ1) is 14.9. The van der Waals surface area contributed by atoms with Crippen LogP contribution in [-0.2, 0) is 15.3 Å². The smallest absolute Gasteiger partial charge is 0.306 e. The van der Waals surface area contributed by atoms with Crippen LogP contribution in [-0.4, -0.2) is 25.3 Å². The van der Waals surface area contributed by atoms with E-state index in [2.05, 4.69) is 0 Å². The van der Waals surface area contributed by atoms with Gasteiger partial charge in [0.05, 0.1) is 32.3 Å². The van der Waals surface area contributed by atoms with Crippen LogP contribution in [0, 0.1) is 5.82 Å². The Hall–Kier alpha value is -3.26. The van der Waals surface area contributed by atoms with Crippen LogP contribution in [0.4, 0.5) is 4.39 Å². The molecule has 1 unspecified atom stereocenters. The van der Waals surface area contributed by atoms with Gasteiger partial charge >= 0.3 is 5.97 Å². The Morgan fingerprint density at radius 2 is 1.81 bits per heavy atom. The summed E-state index contributed by atoms with van der Waals surface area (Å²) in [5, 5.41) is 10.4. The molecule has 0 amide bonds. The molecule has 0 aliphatic carbocycles. The van der Waals surface area contributed by atoms with Crippen molar-refractivity contribution in [1.29, 1.82) is 0 Å². The van der Waals surface area contributed by atoms with Crippen LogP contribution in [0.15, 0.2) is 68.7 Å². The topological polar surface area (TPSA) is 86.0 Å². The molecule has 0 radical (unpaired) electrons. The van der Waals surface area contributed by atoms with Gasteiger partial charge in [-0.2, -0.15) is 0 Å². The average Bonchev–Trinajstić information content (AvgIpc) is 2.79. The molecule has 0 saturated heterocycles. The molecule has 6 nitrogen and oxygen atoms in total. The van der Waals surface area contributed by atoms with Crippen molar-refractivity contribution in [2.24, 2.45) is 0 Å². The van der Waals surface area contributed by atoms with E-state index >= 15 is 0 Å². The molecule has 1 aromatic heterocycles. The number of hydrogen-bond acceptors (Lipinski definition) is 7. The SMILES string of the molecule is COC(=O)CC(c1ccc(OC)cc1)c1oc(CSc2ccc(F)cc2)cc(=O)c1O. The number of hydrogen-bond donors (Lipinski definition) is 1. The predicted octanol–water partition coefficient (Wildman–Crippen LogP) is 4.48. The molecule has 0 aliphatic heterocycles. The second-order valence-corrected chi connectivity index (χ2v) is 7.69. The zero-order valence-corrected chi connectivity index (χ0v) is 17.8. The summed E-state index contributed by atoms with van der Waals surface area (Å²) in [5.41, 5.74) is 0.0346. The largest absolute Gasteiger partial charge is 0.502 e. The number of aromatic hydroxyl groups is 1. The number of carbonyl (C=O) groups excluding carboxylic acids is 1. The Kier molecular flexibility index (Phi) is 7.36. The van der Waals surface area contributed by atoms with Crippen molar-refractivity contribution in [3.8, 4) is 11.5 Å². The van der Waals surface area contributed by atoms with Crippen molar-refractivity contribution in [1.82, 2.24) is 0 Å². The predicted molar refractivity (Wildman–Crippen MR) is 114 cm³/mol. The van der Waals surface area contributed by atoms with Gasteiger partial charge in [0.15, 0.2) is 5.76 Å². The fraction of sp³-hybridized carbons (Fsp3) is 0.217. The van der Waals surface area contributed by atoms with E-state index in [1.165, 1.54) is 44.2 Å². The molecular weight excluding hydrogens is 423 g/mol. The standard InChI is InChI=1S/C23H21FO6S/c1-28-16-7-3-14(4-8-16)19(12-21(26)29-2)23-22(27)20(25)11-17(30-23)13-31-18-9-5-15(24)6-10-18/h3-11,19,27H,12-13H2,1-2H3. The molecule has 0 aliphatic rings. The maximum atomic E-state index is 13.1. The number of benzene rings is 2. The van der Waals surface area contributed by atoms with Crippen molar-refractivity contribution < 1.29 is 28.2 Å². The zero-order valence-electron chi connectivity index (χ0n) is 17.0. The van der Waals surface area contributed by atoms with E-state index in [1.807, 2.05) is 0 Å². The summed E-state index contributed by atoms with van der Waals surface area (Å²) in [7, 11) is 2.80. The number of carbonyl (C=O) groups is 1. The van der Waals surface area contributed by atoms with Gasteiger partial charge in [0.25, 0.3) is 0 Å².